The number of ether oxygens (including phenoxy) is 4. The number of rotatable bonds is 5. The van der Waals surface area contributed by atoms with Crippen molar-refractivity contribution < 1.29 is 23.7 Å². The highest BCUT2D eigenvalue weighted by Crippen LogP contribution is 2.36. The zero-order chi connectivity index (χ0) is 12.2. The van der Waals surface area contributed by atoms with Gasteiger partial charge in [-0.25, -0.2) is 4.79 Å². The Kier molecular flexibility index (Phi) is 4.46. The van der Waals surface area contributed by atoms with E-state index in [0.717, 1.165) is 0 Å². The Bertz CT molecular complexity index is 251. The standard InChI is InChI=1S/C11H18O5/c1-5-6-11(10(12)15-4)7-8(13-2)9(14-3)16-11/h5,8-9H,1,6-7H2,2-4H3/t8-,9+,11-/m0/s1. The molecule has 5 nitrogen and oxygen atoms in total. The van der Waals surface area contributed by atoms with Crippen LogP contribution in [0.3, 0.4) is 0 Å². The van der Waals surface area contributed by atoms with Crippen LogP contribution in [0.25, 0.3) is 0 Å². The van der Waals surface area contributed by atoms with Crippen LogP contribution in [0.5, 0.6) is 0 Å². The molecule has 0 aromatic heterocycles. The lowest BCUT2D eigenvalue weighted by Gasteiger charge is -2.24. The minimum atomic E-state index is -1.03. The second kappa shape index (κ2) is 5.43. The van der Waals surface area contributed by atoms with Crippen molar-refractivity contribution in [3.8, 4) is 0 Å². The van der Waals surface area contributed by atoms with Crippen LogP contribution in [0.4, 0.5) is 0 Å². The van der Waals surface area contributed by atoms with E-state index in [-0.39, 0.29) is 6.10 Å². The van der Waals surface area contributed by atoms with Gasteiger partial charge in [-0.15, -0.1) is 6.58 Å². The molecule has 92 valence electrons. The highest BCUT2D eigenvalue weighted by molar-refractivity contribution is 5.80. The Labute approximate surface area is 95.3 Å². The molecule has 0 aliphatic carbocycles. The summed E-state index contributed by atoms with van der Waals surface area (Å²) < 4.78 is 20.7. The van der Waals surface area contributed by atoms with E-state index in [1.54, 1.807) is 13.2 Å². The Balaban J connectivity index is 2.88. The predicted octanol–water partition coefficient (Wildman–Crippen LogP) is 0.882. The first-order valence-electron chi connectivity index (χ1n) is 5.06. The van der Waals surface area contributed by atoms with Crippen molar-refractivity contribution in [2.75, 3.05) is 21.3 Å². The van der Waals surface area contributed by atoms with Crippen LogP contribution in [0.15, 0.2) is 12.7 Å². The van der Waals surface area contributed by atoms with Crippen molar-refractivity contribution in [2.24, 2.45) is 0 Å². The average Bonchev–Trinajstić information content (AvgIpc) is 2.68. The minimum Gasteiger partial charge on any atom is -0.467 e. The summed E-state index contributed by atoms with van der Waals surface area (Å²) in [6.07, 6.45) is 1.58. The fourth-order valence-electron chi connectivity index (χ4n) is 1.93. The van der Waals surface area contributed by atoms with E-state index >= 15 is 0 Å². The van der Waals surface area contributed by atoms with Crippen LogP contribution in [0, 0.1) is 0 Å². The van der Waals surface area contributed by atoms with Gasteiger partial charge in [0, 0.05) is 27.1 Å². The molecule has 1 heterocycles. The average molecular weight is 230 g/mol. The third-order valence-corrected chi connectivity index (χ3v) is 2.74. The quantitative estimate of drug-likeness (QED) is 0.518. The van der Waals surface area contributed by atoms with E-state index in [1.807, 2.05) is 0 Å². The number of carbonyl (C=O) groups is 1. The Morgan fingerprint density at radius 3 is 2.56 bits per heavy atom. The summed E-state index contributed by atoms with van der Waals surface area (Å²) in [4.78, 5) is 11.7. The number of methoxy groups -OCH3 is 3. The van der Waals surface area contributed by atoms with Crippen LogP contribution in [0.1, 0.15) is 12.8 Å². The van der Waals surface area contributed by atoms with Gasteiger partial charge in [-0.3, -0.25) is 0 Å². The third-order valence-electron chi connectivity index (χ3n) is 2.74. The van der Waals surface area contributed by atoms with Gasteiger partial charge in [0.2, 0.25) is 0 Å². The molecule has 0 aromatic carbocycles. The molecule has 1 aliphatic heterocycles. The monoisotopic (exact) mass is 230 g/mol. The van der Waals surface area contributed by atoms with Gasteiger partial charge in [0.05, 0.1) is 7.11 Å². The van der Waals surface area contributed by atoms with E-state index in [0.29, 0.717) is 12.8 Å². The third kappa shape index (κ3) is 2.26. The first kappa shape index (κ1) is 13.2. The molecule has 1 rings (SSSR count). The fraction of sp³-hybridized carbons (Fsp3) is 0.727. The Hall–Kier alpha value is -0.910. The summed E-state index contributed by atoms with van der Waals surface area (Å²) in [5, 5.41) is 0. The van der Waals surface area contributed by atoms with Gasteiger partial charge >= 0.3 is 5.97 Å². The molecule has 0 amide bonds. The number of carbonyl (C=O) groups excluding carboxylic acids is 1. The lowest BCUT2D eigenvalue weighted by molar-refractivity contribution is -0.198. The molecule has 5 heteroatoms. The fourth-order valence-corrected chi connectivity index (χ4v) is 1.93. The van der Waals surface area contributed by atoms with E-state index in [1.165, 1.54) is 14.2 Å². The van der Waals surface area contributed by atoms with Gasteiger partial charge in [0.15, 0.2) is 11.9 Å². The van der Waals surface area contributed by atoms with Crippen molar-refractivity contribution in [1.29, 1.82) is 0 Å². The summed E-state index contributed by atoms with van der Waals surface area (Å²) in [5.41, 5.74) is -1.03. The molecular formula is C11H18O5. The molecular weight excluding hydrogens is 212 g/mol. The lowest BCUT2D eigenvalue weighted by atomic mass is 9.95. The van der Waals surface area contributed by atoms with Crippen LogP contribution >= 0.6 is 0 Å². The number of hydrogen-bond donors (Lipinski definition) is 0. The van der Waals surface area contributed by atoms with Crippen molar-refractivity contribution in [3.05, 3.63) is 12.7 Å². The highest BCUT2D eigenvalue weighted by Gasteiger charge is 2.52. The molecule has 0 aromatic rings. The topological polar surface area (TPSA) is 54.0 Å². The van der Waals surface area contributed by atoms with Gasteiger partial charge in [0.1, 0.15) is 6.10 Å². The number of hydrogen-bond acceptors (Lipinski definition) is 5. The minimum absolute atomic E-state index is 0.274. The zero-order valence-electron chi connectivity index (χ0n) is 9.89. The number of esters is 1. The maximum Gasteiger partial charge on any atom is 0.338 e. The molecule has 1 aliphatic rings. The largest absolute Gasteiger partial charge is 0.467 e. The van der Waals surface area contributed by atoms with Crippen LogP contribution < -0.4 is 0 Å². The lowest BCUT2D eigenvalue weighted by Crippen LogP contribution is -2.39. The molecule has 0 N–H and O–H groups in total. The molecule has 0 spiro atoms. The predicted molar refractivity (Wildman–Crippen MR) is 56.9 cm³/mol. The summed E-state index contributed by atoms with van der Waals surface area (Å²) in [6, 6.07) is 0. The van der Waals surface area contributed by atoms with Crippen LogP contribution in [0.2, 0.25) is 0 Å². The summed E-state index contributed by atoms with van der Waals surface area (Å²) in [5.74, 6) is -0.422. The van der Waals surface area contributed by atoms with E-state index < -0.39 is 17.9 Å². The first-order valence-corrected chi connectivity index (χ1v) is 5.06. The van der Waals surface area contributed by atoms with E-state index in [9.17, 15) is 4.79 Å². The van der Waals surface area contributed by atoms with E-state index in [4.69, 9.17) is 18.9 Å². The molecule has 0 unspecified atom stereocenters. The van der Waals surface area contributed by atoms with Crippen LogP contribution in [-0.2, 0) is 23.7 Å². The van der Waals surface area contributed by atoms with E-state index in [2.05, 4.69) is 6.58 Å². The van der Waals surface area contributed by atoms with Crippen molar-refractivity contribution >= 4 is 5.97 Å². The Morgan fingerprint density at radius 1 is 1.50 bits per heavy atom. The SMILES string of the molecule is C=CC[C@@]1(C(=O)OC)C[C@H](OC)[C@H](OC)O1. The van der Waals surface area contributed by atoms with Crippen molar-refractivity contribution in [3.63, 3.8) is 0 Å². The second-order valence-electron chi connectivity index (χ2n) is 3.68. The Morgan fingerprint density at radius 2 is 2.19 bits per heavy atom. The highest BCUT2D eigenvalue weighted by atomic mass is 16.7. The molecule has 0 saturated carbocycles. The second-order valence-corrected chi connectivity index (χ2v) is 3.68. The molecule has 1 saturated heterocycles. The van der Waals surface area contributed by atoms with Gasteiger partial charge in [0.25, 0.3) is 0 Å². The first-order chi connectivity index (χ1) is 7.63. The van der Waals surface area contributed by atoms with Gasteiger partial charge < -0.3 is 18.9 Å². The van der Waals surface area contributed by atoms with Crippen LogP contribution in [-0.4, -0.2) is 45.3 Å². The smallest absolute Gasteiger partial charge is 0.338 e. The zero-order valence-corrected chi connectivity index (χ0v) is 9.89. The van der Waals surface area contributed by atoms with Crippen molar-refractivity contribution in [2.45, 2.75) is 30.8 Å². The molecule has 0 bridgehead atoms. The summed E-state index contributed by atoms with van der Waals surface area (Å²) in [7, 11) is 4.40. The van der Waals surface area contributed by atoms with Gasteiger partial charge in [-0.05, 0) is 0 Å². The molecule has 0 radical (unpaired) electrons. The molecule has 3 atom stereocenters. The molecule has 16 heavy (non-hydrogen) atoms. The molecule has 1 fully saturated rings. The maximum absolute atomic E-state index is 11.7. The van der Waals surface area contributed by atoms with Gasteiger partial charge in [-0.2, -0.15) is 0 Å². The van der Waals surface area contributed by atoms with Gasteiger partial charge in [-0.1, -0.05) is 6.08 Å². The van der Waals surface area contributed by atoms with Crippen molar-refractivity contribution in [1.82, 2.24) is 0 Å². The maximum atomic E-state index is 11.7. The normalized spacial score (nSPS) is 33.7. The summed E-state index contributed by atoms with van der Waals surface area (Å²) >= 11 is 0. The summed E-state index contributed by atoms with van der Waals surface area (Å²) in [6.45, 7) is 3.62.